The summed E-state index contributed by atoms with van der Waals surface area (Å²) in [7, 11) is 0. The van der Waals surface area contributed by atoms with Crippen molar-refractivity contribution in [2.75, 3.05) is 4.90 Å². The number of imide groups is 1. The van der Waals surface area contributed by atoms with Crippen molar-refractivity contribution >= 4 is 63.9 Å². The lowest BCUT2D eigenvalue weighted by molar-refractivity contribution is -0.127. The highest BCUT2D eigenvalue weighted by atomic mass is 35.5. The van der Waals surface area contributed by atoms with E-state index in [2.05, 4.69) is 0 Å². The van der Waals surface area contributed by atoms with Gasteiger partial charge >= 0.3 is 0 Å². The Hall–Kier alpha value is -3.03. The van der Waals surface area contributed by atoms with E-state index >= 15 is 0 Å². The zero-order chi connectivity index (χ0) is 24.6. The molecule has 174 valence electrons. The molecule has 0 unspecified atom stereocenters. The van der Waals surface area contributed by atoms with Crippen molar-refractivity contribution in [3.05, 3.63) is 98.5 Å². The molecule has 9 heteroatoms. The topological polar surface area (TPSA) is 80.8 Å². The maximum absolute atomic E-state index is 13.9. The predicted octanol–water partition coefficient (Wildman–Crippen LogP) is 5.34. The van der Waals surface area contributed by atoms with Gasteiger partial charge in [-0.05, 0) is 35.9 Å². The Labute approximate surface area is 214 Å². The van der Waals surface area contributed by atoms with Gasteiger partial charge in [0, 0.05) is 21.2 Å². The lowest BCUT2D eigenvalue weighted by atomic mass is 9.77. The number of rotatable bonds is 2. The number of ketones is 2. The summed E-state index contributed by atoms with van der Waals surface area (Å²) in [6.45, 7) is 0. The number of carbonyl (C=O) groups is 4. The Kier molecular flexibility index (Phi) is 4.96. The summed E-state index contributed by atoms with van der Waals surface area (Å²) in [4.78, 5) is 56.0. The van der Waals surface area contributed by atoms with Gasteiger partial charge in [0.15, 0.2) is 0 Å². The van der Waals surface area contributed by atoms with Crippen LogP contribution in [0.4, 0.5) is 5.69 Å². The maximum Gasteiger partial charge on any atom is 0.241 e. The molecule has 0 aromatic heterocycles. The summed E-state index contributed by atoms with van der Waals surface area (Å²) in [6.07, 6.45) is -1.04. The highest BCUT2D eigenvalue weighted by molar-refractivity contribution is 6.40. The Morgan fingerprint density at radius 1 is 0.743 bits per heavy atom. The van der Waals surface area contributed by atoms with Crippen LogP contribution < -0.4 is 4.90 Å². The van der Waals surface area contributed by atoms with Gasteiger partial charge in [-0.25, -0.2) is 4.90 Å². The molecule has 3 aromatic carbocycles. The van der Waals surface area contributed by atoms with Crippen molar-refractivity contribution in [2.45, 2.75) is 11.7 Å². The first-order valence-electron chi connectivity index (χ1n) is 10.7. The van der Waals surface area contributed by atoms with Gasteiger partial charge in [0.05, 0.1) is 28.6 Å². The van der Waals surface area contributed by atoms with Crippen LogP contribution in [0.5, 0.6) is 0 Å². The van der Waals surface area contributed by atoms with Crippen LogP contribution in [0.1, 0.15) is 32.4 Å². The average molecular weight is 527 g/mol. The van der Waals surface area contributed by atoms with Gasteiger partial charge in [-0.15, -0.1) is 0 Å². The predicted molar refractivity (Wildman–Crippen MR) is 129 cm³/mol. The normalized spacial score (nSPS) is 24.4. The van der Waals surface area contributed by atoms with Crippen LogP contribution >= 0.6 is 34.8 Å². The second-order valence-electron chi connectivity index (χ2n) is 8.64. The molecule has 2 fully saturated rings. The molecule has 6 nitrogen and oxygen atoms in total. The van der Waals surface area contributed by atoms with Crippen LogP contribution in [-0.4, -0.2) is 29.0 Å². The molecular weight excluding hydrogens is 513 g/mol. The van der Waals surface area contributed by atoms with Gasteiger partial charge in [0.2, 0.25) is 29.0 Å². The summed E-state index contributed by atoms with van der Waals surface area (Å²) in [5.74, 6) is -5.09. The van der Waals surface area contributed by atoms with E-state index in [9.17, 15) is 19.2 Å². The molecule has 2 aliphatic heterocycles. The van der Waals surface area contributed by atoms with E-state index in [0.717, 1.165) is 4.90 Å². The van der Waals surface area contributed by atoms with Gasteiger partial charge < -0.3 is 4.74 Å². The van der Waals surface area contributed by atoms with Gasteiger partial charge in [-0.2, -0.15) is 0 Å². The van der Waals surface area contributed by atoms with Crippen molar-refractivity contribution in [3.8, 4) is 0 Å². The van der Waals surface area contributed by atoms with Crippen LogP contribution in [0, 0.1) is 11.8 Å². The molecule has 35 heavy (non-hydrogen) atoms. The van der Waals surface area contributed by atoms with Crippen LogP contribution in [0.3, 0.4) is 0 Å². The smallest absolute Gasteiger partial charge is 0.241 e. The Morgan fingerprint density at radius 2 is 1.34 bits per heavy atom. The van der Waals surface area contributed by atoms with Crippen LogP contribution in [-0.2, 0) is 14.3 Å². The lowest BCUT2D eigenvalue weighted by Gasteiger charge is -2.27. The van der Waals surface area contributed by atoms with E-state index < -0.39 is 46.9 Å². The number of benzene rings is 3. The fraction of sp³-hybridized carbons (Fsp3) is 0.154. The highest BCUT2D eigenvalue weighted by Gasteiger charge is 2.74. The van der Waals surface area contributed by atoms with E-state index in [4.69, 9.17) is 39.5 Å². The van der Waals surface area contributed by atoms with E-state index in [-0.39, 0.29) is 21.8 Å². The molecule has 3 aliphatic rings. The SMILES string of the molecule is O=C1[C@H]2[C@@H](C(=O)N1c1ccc(Cl)cc1Cl)C1(O[C@H]2c2ccc(Cl)cc2)C(=O)c2ccccc2C1=O. The minimum atomic E-state index is -2.15. The van der Waals surface area contributed by atoms with E-state index in [1.54, 1.807) is 36.4 Å². The monoisotopic (exact) mass is 525 g/mol. The summed E-state index contributed by atoms with van der Waals surface area (Å²) < 4.78 is 6.22. The number of halogens is 3. The zero-order valence-electron chi connectivity index (χ0n) is 17.7. The third-order valence-electron chi connectivity index (χ3n) is 6.87. The number of hydrogen-bond acceptors (Lipinski definition) is 5. The molecule has 2 amide bonds. The van der Waals surface area contributed by atoms with Gasteiger partial charge in [0.25, 0.3) is 0 Å². The van der Waals surface area contributed by atoms with Crippen LogP contribution in [0.15, 0.2) is 66.7 Å². The number of Topliss-reactive ketones (excluding diaryl/α,β-unsaturated/α-hetero) is 2. The first kappa shape index (κ1) is 22.4. The van der Waals surface area contributed by atoms with E-state index in [1.165, 1.54) is 30.3 Å². The summed E-state index contributed by atoms with van der Waals surface area (Å²) >= 11 is 18.4. The molecule has 0 bridgehead atoms. The first-order chi connectivity index (χ1) is 16.8. The lowest BCUT2D eigenvalue weighted by Crippen LogP contribution is -2.51. The molecule has 0 saturated carbocycles. The Morgan fingerprint density at radius 3 is 1.94 bits per heavy atom. The van der Waals surface area contributed by atoms with Crippen molar-refractivity contribution in [1.29, 1.82) is 0 Å². The number of anilines is 1. The molecule has 2 saturated heterocycles. The second-order valence-corrected chi connectivity index (χ2v) is 9.92. The number of hydrogen-bond donors (Lipinski definition) is 0. The van der Waals surface area contributed by atoms with E-state index in [0.29, 0.717) is 15.6 Å². The third kappa shape index (κ3) is 2.94. The molecular formula is C26H14Cl3NO5. The summed E-state index contributed by atoms with van der Waals surface area (Å²) in [5, 5.41) is 0.875. The van der Waals surface area contributed by atoms with Gasteiger partial charge in [-0.3, -0.25) is 19.2 Å². The molecule has 0 N–H and O–H groups in total. The molecule has 1 spiro atoms. The van der Waals surface area contributed by atoms with Gasteiger partial charge in [0.1, 0.15) is 0 Å². The Bertz CT molecular complexity index is 1430. The largest absolute Gasteiger partial charge is 0.349 e. The van der Waals surface area contributed by atoms with Crippen LogP contribution in [0.25, 0.3) is 0 Å². The minimum Gasteiger partial charge on any atom is -0.349 e. The third-order valence-corrected chi connectivity index (χ3v) is 7.66. The number of nitrogens with zero attached hydrogens (tertiary/aromatic N) is 1. The fourth-order valence-electron chi connectivity index (χ4n) is 5.37. The minimum absolute atomic E-state index is 0.0875. The Balaban J connectivity index is 1.55. The van der Waals surface area contributed by atoms with Crippen molar-refractivity contribution in [2.24, 2.45) is 11.8 Å². The standard InChI is InChI=1S/C26H14Cl3NO5/c27-13-7-5-12(6-8-13)21-19-20(25(34)30(24(19)33)18-10-9-14(28)11-17(18)29)26(35-21)22(31)15-3-1-2-4-16(15)23(26)32/h1-11,19-21H/t19-,20-,21-/m0/s1. The van der Waals surface area contributed by atoms with Crippen molar-refractivity contribution in [1.82, 2.24) is 0 Å². The van der Waals surface area contributed by atoms with Gasteiger partial charge in [-0.1, -0.05) is 71.2 Å². The number of carbonyl (C=O) groups excluding carboxylic acids is 4. The van der Waals surface area contributed by atoms with E-state index in [1.807, 2.05) is 0 Å². The number of ether oxygens (including phenoxy) is 1. The fourth-order valence-corrected chi connectivity index (χ4v) is 5.99. The summed E-state index contributed by atoms with van der Waals surface area (Å²) in [6, 6.07) is 17.2. The molecule has 0 radical (unpaired) electrons. The van der Waals surface area contributed by atoms with Crippen molar-refractivity contribution < 1.29 is 23.9 Å². The molecule has 2 heterocycles. The quantitative estimate of drug-likeness (QED) is 0.333. The second kappa shape index (κ2) is 7.73. The molecule has 3 atom stereocenters. The average Bonchev–Trinajstić information content (AvgIpc) is 3.40. The first-order valence-corrected chi connectivity index (χ1v) is 11.8. The molecule has 1 aliphatic carbocycles. The molecule has 6 rings (SSSR count). The molecule has 3 aromatic rings. The number of amides is 2. The van der Waals surface area contributed by atoms with Crippen LogP contribution in [0.2, 0.25) is 15.1 Å². The maximum atomic E-state index is 13.9. The number of fused-ring (bicyclic) bond motifs is 3. The zero-order valence-corrected chi connectivity index (χ0v) is 20.0. The van der Waals surface area contributed by atoms with Crippen molar-refractivity contribution in [3.63, 3.8) is 0 Å². The summed E-state index contributed by atoms with van der Waals surface area (Å²) in [5.41, 5.74) is -1.18. The highest BCUT2D eigenvalue weighted by Crippen LogP contribution is 2.58.